The van der Waals surface area contributed by atoms with E-state index in [2.05, 4.69) is 24.8 Å². The van der Waals surface area contributed by atoms with Gasteiger partial charge in [-0.25, -0.2) is 19.9 Å². The molecule has 0 bridgehead atoms. The lowest BCUT2D eigenvalue weighted by Gasteiger charge is -2.35. The van der Waals surface area contributed by atoms with Gasteiger partial charge in [-0.2, -0.15) is 0 Å². The Labute approximate surface area is 158 Å². The molecule has 138 valence electrons. The number of anilines is 1. The predicted octanol–water partition coefficient (Wildman–Crippen LogP) is 2.31. The fraction of sp³-hybridized carbons (Fsp3) is 0.350. The van der Waals surface area contributed by atoms with E-state index in [1.54, 1.807) is 6.33 Å². The lowest BCUT2D eigenvalue weighted by Crippen LogP contribution is -2.49. The minimum atomic E-state index is 0.0375. The van der Waals surface area contributed by atoms with Gasteiger partial charge >= 0.3 is 0 Å². The summed E-state index contributed by atoms with van der Waals surface area (Å²) >= 11 is 0. The number of hydrogen-bond acceptors (Lipinski definition) is 6. The molecule has 0 saturated carbocycles. The van der Waals surface area contributed by atoms with Crippen LogP contribution in [0.1, 0.15) is 27.4 Å². The summed E-state index contributed by atoms with van der Waals surface area (Å²) in [4.78, 5) is 34.6. The first-order valence-corrected chi connectivity index (χ1v) is 9.09. The molecule has 0 spiro atoms. The van der Waals surface area contributed by atoms with Gasteiger partial charge in [0.15, 0.2) is 0 Å². The largest absolute Gasteiger partial charge is 0.353 e. The van der Waals surface area contributed by atoms with E-state index in [4.69, 9.17) is 0 Å². The molecule has 2 aromatic heterocycles. The van der Waals surface area contributed by atoms with Gasteiger partial charge in [0.25, 0.3) is 5.91 Å². The number of piperazine rings is 1. The van der Waals surface area contributed by atoms with E-state index in [0.29, 0.717) is 18.7 Å². The van der Waals surface area contributed by atoms with Gasteiger partial charge in [-0.05, 0) is 39.0 Å². The normalized spacial score (nSPS) is 14.6. The van der Waals surface area contributed by atoms with Crippen LogP contribution in [0.2, 0.25) is 0 Å². The van der Waals surface area contributed by atoms with Crippen LogP contribution in [0, 0.1) is 20.8 Å². The third kappa shape index (κ3) is 3.45. The summed E-state index contributed by atoms with van der Waals surface area (Å²) in [6, 6.07) is 7.54. The number of rotatable bonds is 2. The van der Waals surface area contributed by atoms with Crippen molar-refractivity contribution < 1.29 is 4.79 Å². The maximum Gasteiger partial charge on any atom is 0.254 e. The molecule has 1 amide bonds. The van der Waals surface area contributed by atoms with Crippen molar-refractivity contribution in [3.8, 4) is 0 Å². The van der Waals surface area contributed by atoms with Crippen LogP contribution in [0.5, 0.6) is 0 Å². The molecule has 0 atom stereocenters. The van der Waals surface area contributed by atoms with Crippen LogP contribution < -0.4 is 4.90 Å². The number of hydrogen-bond donors (Lipinski definition) is 0. The SMILES string of the molecule is Cc1cc(N2CCN(C(=O)c3ccc4nc(C)c(C)nc4c3)CC2)ncn1. The van der Waals surface area contributed by atoms with E-state index in [-0.39, 0.29) is 5.91 Å². The highest BCUT2D eigenvalue weighted by molar-refractivity contribution is 5.97. The Kier molecular flexibility index (Phi) is 4.43. The number of carbonyl (C=O) groups excluding carboxylic acids is 1. The molecule has 0 N–H and O–H groups in total. The van der Waals surface area contributed by atoms with Gasteiger partial charge in [-0.15, -0.1) is 0 Å². The minimum absolute atomic E-state index is 0.0375. The molecule has 1 fully saturated rings. The van der Waals surface area contributed by atoms with Crippen LogP contribution >= 0.6 is 0 Å². The minimum Gasteiger partial charge on any atom is -0.353 e. The van der Waals surface area contributed by atoms with Crippen molar-refractivity contribution in [1.82, 2.24) is 24.8 Å². The molecule has 3 heterocycles. The van der Waals surface area contributed by atoms with Crippen LogP contribution in [0.25, 0.3) is 11.0 Å². The highest BCUT2D eigenvalue weighted by atomic mass is 16.2. The van der Waals surface area contributed by atoms with E-state index in [9.17, 15) is 4.79 Å². The molecule has 7 nitrogen and oxygen atoms in total. The van der Waals surface area contributed by atoms with E-state index in [1.165, 1.54) is 0 Å². The van der Waals surface area contributed by atoms with Crippen molar-refractivity contribution in [2.75, 3.05) is 31.1 Å². The molecule has 0 aliphatic carbocycles. The summed E-state index contributed by atoms with van der Waals surface area (Å²) < 4.78 is 0. The van der Waals surface area contributed by atoms with Gasteiger partial charge < -0.3 is 9.80 Å². The van der Waals surface area contributed by atoms with Crippen molar-refractivity contribution in [3.63, 3.8) is 0 Å². The number of nitrogens with zero attached hydrogens (tertiary/aromatic N) is 6. The smallest absolute Gasteiger partial charge is 0.254 e. The molecular formula is C20H22N6O. The fourth-order valence-electron chi connectivity index (χ4n) is 3.30. The standard InChI is InChI=1S/C20H22N6O/c1-13-10-19(22-12-21-13)25-6-8-26(9-7-25)20(27)16-4-5-17-18(11-16)24-15(3)14(2)23-17/h4-5,10-12H,6-9H2,1-3H3. The molecule has 0 unspecified atom stereocenters. The second-order valence-electron chi connectivity index (χ2n) is 6.89. The summed E-state index contributed by atoms with van der Waals surface area (Å²) in [6.07, 6.45) is 1.59. The number of aromatic nitrogens is 4. The van der Waals surface area contributed by atoms with E-state index in [0.717, 1.165) is 47.0 Å². The van der Waals surface area contributed by atoms with E-state index >= 15 is 0 Å². The third-order valence-corrected chi connectivity index (χ3v) is 5.00. The van der Waals surface area contributed by atoms with Gasteiger partial charge in [-0.3, -0.25) is 4.79 Å². The Hall–Kier alpha value is -3.09. The average Bonchev–Trinajstić information content (AvgIpc) is 2.68. The van der Waals surface area contributed by atoms with Gasteiger partial charge in [0.2, 0.25) is 0 Å². The molecule has 1 aliphatic heterocycles. The van der Waals surface area contributed by atoms with Crippen molar-refractivity contribution in [3.05, 3.63) is 53.2 Å². The highest BCUT2D eigenvalue weighted by Crippen LogP contribution is 2.18. The van der Waals surface area contributed by atoms with Gasteiger partial charge in [-0.1, -0.05) is 0 Å². The zero-order chi connectivity index (χ0) is 19.0. The van der Waals surface area contributed by atoms with Crippen molar-refractivity contribution in [2.45, 2.75) is 20.8 Å². The number of carbonyl (C=O) groups is 1. The molecule has 7 heteroatoms. The summed E-state index contributed by atoms with van der Waals surface area (Å²) in [5.74, 6) is 0.955. The topological polar surface area (TPSA) is 75.1 Å². The molecule has 1 aliphatic rings. The van der Waals surface area contributed by atoms with Crippen LogP contribution in [0.4, 0.5) is 5.82 Å². The Balaban J connectivity index is 1.49. The monoisotopic (exact) mass is 362 g/mol. The van der Waals surface area contributed by atoms with Crippen molar-refractivity contribution >= 4 is 22.8 Å². The molecule has 4 rings (SSSR count). The zero-order valence-electron chi connectivity index (χ0n) is 15.8. The van der Waals surface area contributed by atoms with Crippen LogP contribution in [0.15, 0.2) is 30.6 Å². The Morgan fingerprint density at radius 2 is 1.59 bits per heavy atom. The number of amides is 1. The summed E-state index contributed by atoms with van der Waals surface area (Å²) in [6.45, 7) is 8.68. The maximum absolute atomic E-state index is 12.9. The number of aryl methyl sites for hydroxylation is 3. The Morgan fingerprint density at radius 3 is 2.30 bits per heavy atom. The second-order valence-corrected chi connectivity index (χ2v) is 6.89. The van der Waals surface area contributed by atoms with E-state index < -0.39 is 0 Å². The van der Waals surface area contributed by atoms with Crippen molar-refractivity contribution in [1.29, 1.82) is 0 Å². The van der Waals surface area contributed by atoms with E-state index in [1.807, 2.05) is 49.9 Å². The number of fused-ring (bicyclic) bond motifs is 1. The van der Waals surface area contributed by atoms with Crippen LogP contribution in [0.3, 0.4) is 0 Å². The number of benzene rings is 1. The lowest BCUT2D eigenvalue weighted by molar-refractivity contribution is 0.0746. The molecule has 27 heavy (non-hydrogen) atoms. The zero-order valence-corrected chi connectivity index (χ0v) is 15.8. The lowest BCUT2D eigenvalue weighted by atomic mass is 10.1. The third-order valence-electron chi connectivity index (χ3n) is 5.00. The highest BCUT2D eigenvalue weighted by Gasteiger charge is 2.23. The first-order chi connectivity index (χ1) is 13.0. The molecule has 1 aromatic carbocycles. The summed E-state index contributed by atoms with van der Waals surface area (Å²) in [5.41, 5.74) is 4.99. The maximum atomic E-state index is 12.9. The summed E-state index contributed by atoms with van der Waals surface area (Å²) in [5, 5.41) is 0. The van der Waals surface area contributed by atoms with Crippen LogP contribution in [-0.4, -0.2) is 56.9 Å². The Bertz CT molecular complexity index is 1010. The predicted molar refractivity (Wildman–Crippen MR) is 104 cm³/mol. The fourth-order valence-corrected chi connectivity index (χ4v) is 3.30. The molecule has 0 radical (unpaired) electrons. The molecular weight excluding hydrogens is 340 g/mol. The quantitative estimate of drug-likeness (QED) is 0.696. The molecule has 1 saturated heterocycles. The second kappa shape index (κ2) is 6.90. The summed E-state index contributed by atoms with van der Waals surface area (Å²) in [7, 11) is 0. The molecule has 3 aromatic rings. The Morgan fingerprint density at radius 1 is 0.889 bits per heavy atom. The average molecular weight is 362 g/mol. The van der Waals surface area contributed by atoms with Gasteiger partial charge in [0, 0.05) is 43.5 Å². The van der Waals surface area contributed by atoms with Gasteiger partial charge in [0.1, 0.15) is 12.1 Å². The van der Waals surface area contributed by atoms with Crippen molar-refractivity contribution in [2.24, 2.45) is 0 Å². The van der Waals surface area contributed by atoms with Crippen LogP contribution in [-0.2, 0) is 0 Å². The van der Waals surface area contributed by atoms with Gasteiger partial charge in [0.05, 0.1) is 22.4 Å². The first-order valence-electron chi connectivity index (χ1n) is 9.09. The first kappa shape index (κ1) is 17.3.